The number of aliphatic hydroxyl groups excluding tert-OH is 2. The normalized spacial score (nSPS) is 9.41. The van der Waals surface area contributed by atoms with Crippen LogP contribution in [0.3, 0.4) is 0 Å². The van der Waals surface area contributed by atoms with Crippen molar-refractivity contribution in [1.29, 1.82) is 0 Å². The van der Waals surface area contributed by atoms with E-state index in [1.165, 1.54) is 39.8 Å². The first-order valence-corrected chi connectivity index (χ1v) is 4.01. The monoisotopic (exact) mass is 284 g/mol. The Morgan fingerprint density at radius 3 is 0.941 bits per heavy atom. The number of hydrogen-bond acceptors (Lipinski definition) is 4. The number of carbonyl (C=O) groups excluding carboxylic acids is 2. The van der Waals surface area contributed by atoms with Crippen molar-refractivity contribution >= 4 is 11.6 Å². The molecule has 6 nitrogen and oxygen atoms in total. The van der Waals surface area contributed by atoms with Gasteiger partial charge in [-0.05, 0) is 27.7 Å². The van der Waals surface area contributed by atoms with Gasteiger partial charge in [-0.1, -0.05) is 0 Å². The summed E-state index contributed by atoms with van der Waals surface area (Å²) in [7, 11) is 0. The van der Waals surface area contributed by atoms with Crippen LogP contribution >= 0.6 is 0 Å². The van der Waals surface area contributed by atoms with Crippen LogP contribution in [-0.2, 0) is 31.3 Å². The molecule has 0 atom stereocenters. The Balaban J connectivity index is -0.0000000480. The molecule has 7 heteroatoms. The molecule has 0 rings (SSSR count). The zero-order valence-corrected chi connectivity index (χ0v) is 11.9. The van der Waals surface area contributed by atoms with Crippen molar-refractivity contribution in [3.63, 3.8) is 0 Å². The molecule has 0 saturated heterocycles. The molecule has 0 radical (unpaired) electrons. The molecule has 0 unspecified atom stereocenters. The summed E-state index contributed by atoms with van der Waals surface area (Å²) >= 11 is 0. The van der Waals surface area contributed by atoms with Crippen LogP contribution in [0.15, 0.2) is 23.7 Å². The number of ketones is 2. The van der Waals surface area contributed by atoms with Crippen molar-refractivity contribution in [2.75, 3.05) is 0 Å². The van der Waals surface area contributed by atoms with E-state index in [0.29, 0.717) is 0 Å². The molecule has 0 fully saturated rings. The Labute approximate surface area is 116 Å². The van der Waals surface area contributed by atoms with E-state index < -0.39 is 0 Å². The summed E-state index contributed by atoms with van der Waals surface area (Å²) in [6.07, 6.45) is 2.33. The average molecular weight is 284 g/mol. The van der Waals surface area contributed by atoms with Crippen LogP contribution < -0.4 is 0 Å². The summed E-state index contributed by atoms with van der Waals surface area (Å²) in [6, 6.07) is 0. The summed E-state index contributed by atoms with van der Waals surface area (Å²) in [5.41, 5.74) is 0. The molecular formula is C10H20O6Ti. The second-order valence-electron chi connectivity index (χ2n) is 2.79. The quantitative estimate of drug-likeness (QED) is 0.431. The summed E-state index contributed by atoms with van der Waals surface area (Å²) in [6.45, 7) is 5.70. The summed E-state index contributed by atoms with van der Waals surface area (Å²) in [5.74, 6) is -0.125. The van der Waals surface area contributed by atoms with Gasteiger partial charge in [0.05, 0.1) is 11.5 Å². The number of carbonyl (C=O) groups is 2. The van der Waals surface area contributed by atoms with E-state index in [-0.39, 0.29) is 55.8 Å². The van der Waals surface area contributed by atoms with E-state index >= 15 is 0 Å². The third-order valence-electron chi connectivity index (χ3n) is 0.824. The molecule has 0 aromatic carbocycles. The number of allylic oxidation sites excluding steroid dienone is 4. The smallest absolute Gasteiger partial charge is 0.155 e. The number of aliphatic hydroxyl groups is 2. The van der Waals surface area contributed by atoms with Gasteiger partial charge in [-0.2, -0.15) is 0 Å². The van der Waals surface area contributed by atoms with E-state index in [2.05, 4.69) is 0 Å². The van der Waals surface area contributed by atoms with Crippen LogP contribution in [-0.4, -0.2) is 32.7 Å². The molecule has 0 saturated carbocycles. The predicted octanol–water partition coefficient (Wildman–Crippen LogP) is 0.422. The molecule has 0 aliphatic carbocycles. The van der Waals surface area contributed by atoms with E-state index in [4.69, 9.17) is 10.2 Å². The second kappa shape index (κ2) is 17.4. The fourth-order valence-electron chi connectivity index (χ4n) is 0.588. The van der Waals surface area contributed by atoms with Crippen molar-refractivity contribution in [1.82, 2.24) is 0 Å². The first kappa shape index (κ1) is 29.8. The van der Waals surface area contributed by atoms with Gasteiger partial charge in [0.15, 0.2) is 11.6 Å². The molecule has 6 N–H and O–H groups in total. The third-order valence-corrected chi connectivity index (χ3v) is 0.824. The third kappa shape index (κ3) is 51.6. The molecule has 17 heavy (non-hydrogen) atoms. The van der Waals surface area contributed by atoms with E-state index in [1.807, 2.05) is 0 Å². The largest absolute Gasteiger partial charge is 0.512 e. The minimum atomic E-state index is -0.125. The van der Waals surface area contributed by atoms with Crippen molar-refractivity contribution in [3.8, 4) is 0 Å². The van der Waals surface area contributed by atoms with E-state index in [9.17, 15) is 9.59 Å². The van der Waals surface area contributed by atoms with Gasteiger partial charge in [-0.15, -0.1) is 0 Å². The molecule has 0 aromatic rings. The van der Waals surface area contributed by atoms with E-state index in [1.54, 1.807) is 0 Å². The topological polar surface area (TPSA) is 138 Å². The minimum Gasteiger partial charge on any atom is -0.512 e. The van der Waals surface area contributed by atoms with Crippen LogP contribution in [0.25, 0.3) is 0 Å². The van der Waals surface area contributed by atoms with Gasteiger partial charge in [-0.25, -0.2) is 0 Å². The van der Waals surface area contributed by atoms with Gasteiger partial charge in [0.1, 0.15) is 0 Å². The molecular weight excluding hydrogens is 264 g/mol. The predicted molar refractivity (Wildman–Crippen MR) is 61.4 cm³/mol. The molecule has 0 amide bonds. The Morgan fingerprint density at radius 1 is 0.765 bits per heavy atom. The first-order chi connectivity index (χ1) is 6.25. The minimum absolute atomic E-state index is 0. The van der Waals surface area contributed by atoms with Gasteiger partial charge >= 0.3 is 0 Å². The molecule has 0 spiro atoms. The van der Waals surface area contributed by atoms with Crippen molar-refractivity contribution < 1.29 is 52.5 Å². The maximum absolute atomic E-state index is 10.0. The maximum Gasteiger partial charge on any atom is 0.155 e. The van der Waals surface area contributed by atoms with Crippen molar-refractivity contribution in [2.24, 2.45) is 0 Å². The molecule has 100 valence electrons. The summed E-state index contributed by atoms with van der Waals surface area (Å²) < 4.78 is 0. The van der Waals surface area contributed by atoms with E-state index in [0.717, 1.165) is 0 Å². The molecule has 0 aliphatic heterocycles. The van der Waals surface area contributed by atoms with Crippen LogP contribution in [0.4, 0.5) is 0 Å². The average Bonchev–Trinajstić information content (AvgIpc) is 1.79. The number of rotatable bonds is 2. The van der Waals surface area contributed by atoms with Crippen LogP contribution in [0.1, 0.15) is 27.7 Å². The van der Waals surface area contributed by atoms with Gasteiger partial charge < -0.3 is 21.2 Å². The van der Waals surface area contributed by atoms with Crippen molar-refractivity contribution in [3.05, 3.63) is 23.7 Å². The maximum atomic E-state index is 10.0. The zero-order chi connectivity index (χ0) is 11.7. The first-order valence-electron chi connectivity index (χ1n) is 4.01. The fourth-order valence-corrected chi connectivity index (χ4v) is 0.588. The van der Waals surface area contributed by atoms with Crippen LogP contribution in [0, 0.1) is 0 Å². The fraction of sp³-hybridized carbons (Fsp3) is 0.400. The molecule has 0 aromatic heterocycles. The Bertz CT molecular complexity index is 234. The summed E-state index contributed by atoms with van der Waals surface area (Å²) in [5, 5.41) is 16.7. The van der Waals surface area contributed by atoms with Gasteiger partial charge in [0.25, 0.3) is 0 Å². The van der Waals surface area contributed by atoms with Crippen LogP contribution in [0.2, 0.25) is 0 Å². The van der Waals surface area contributed by atoms with Gasteiger partial charge in [0.2, 0.25) is 0 Å². The second-order valence-corrected chi connectivity index (χ2v) is 2.79. The standard InChI is InChI=1S/2C5H8O2.2H2O.Ti/c2*1-4(6)3-5(2)7;;;/h2*3,6H,1-2H3;2*1H2;/b2*4-3-;;;. The SMILES string of the molecule is CC(=O)/C=C(/C)O.CC(=O)/C=C(/C)O.O.O.[Ti]. The van der Waals surface area contributed by atoms with Gasteiger partial charge in [-0.3, -0.25) is 9.59 Å². The molecule has 0 bridgehead atoms. The summed E-state index contributed by atoms with van der Waals surface area (Å²) in [4.78, 5) is 20.0. The Morgan fingerprint density at radius 2 is 0.941 bits per heavy atom. The Hall–Kier alpha value is -0.946. The molecule has 0 aliphatic rings. The molecule has 0 heterocycles. The van der Waals surface area contributed by atoms with Gasteiger partial charge in [0, 0.05) is 33.9 Å². The van der Waals surface area contributed by atoms with Crippen LogP contribution in [0.5, 0.6) is 0 Å². The zero-order valence-electron chi connectivity index (χ0n) is 10.4. The number of hydrogen-bond donors (Lipinski definition) is 2. The Kier molecular flexibility index (Phi) is 30.6. The van der Waals surface area contributed by atoms with Crippen molar-refractivity contribution in [2.45, 2.75) is 27.7 Å².